The predicted octanol–water partition coefficient (Wildman–Crippen LogP) is 2.20. The monoisotopic (exact) mass is 345 g/mol. The molecule has 1 saturated heterocycles. The van der Waals surface area contributed by atoms with Gasteiger partial charge in [-0.05, 0) is 30.5 Å². The van der Waals surface area contributed by atoms with Gasteiger partial charge in [-0.2, -0.15) is 0 Å². The molecule has 20 heavy (non-hydrogen) atoms. The molecule has 0 radical (unpaired) electrons. The second-order valence-electron chi connectivity index (χ2n) is 5.04. The number of benzene rings is 1. The third-order valence-corrected chi connectivity index (χ3v) is 4.01. The van der Waals surface area contributed by atoms with Gasteiger partial charge in [0.2, 0.25) is 0 Å². The van der Waals surface area contributed by atoms with Crippen LogP contribution < -0.4 is 4.74 Å². The number of nitrogens with zero attached hydrogens (tertiary/aromatic N) is 1. The highest BCUT2D eigenvalue weighted by Gasteiger charge is 2.27. The topological polar surface area (TPSA) is 49.8 Å². The summed E-state index contributed by atoms with van der Waals surface area (Å²) in [5, 5.41) is 9.76. The number of carbonyl (C=O) groups is 1. The maximum Gasteiger partial charge on any atom is 0.260 e. The van der Waals surface area contributed by atoms with Crippen LogP contribution in [0.25, 0.3) is 0 Å². The molecule has 4 nitrogen and oxygen atoms in total. The lowest BCUT2D eigenvalue weighted by Gasteiger charge is -2.34. The molecule has 0 aromatic heterocycles. The first-order valence-corrected chi connectivity index (χ1v) is 7.30. The SMILES string of the molecule is CC1CCN(C(=O)COc2ccc(Br)cc2F)CC1O. The Balaban J connectivity index is 1.89. The van der Waals surface area contributed by atoms with Gasteiger partial charge in [-0.25, -0.2) is 4.39 Å². The fraction of sp³-hybridized carbons (Fsp3) is 0.500. The van der Waals surface area contributed by atoms with E-state index in [2.05, 4.69) is 15.9 Å². The van der Waals surface area contributed by atoms with Crippen LogP contribution in [0.3, 0.4) is 0 Å². The molecule has 0 spiro atoms. The molecule has 110 valence electrons. The molecular weight excluding hydrogens is 329 g/mol. The van der Waals surface area contributed by atoms with E-state index >= 15 is 0 Å². The minimum Gasteiger partial charge on any atom is -0.481 e. The van der Waals surface area contributed by atoms with Crippen molar-refractivity contribution >= 4 is 21.8 Å². The molecule has 1 aromatic rings. The highest BCUT2D eigenvalue weighted by atomic mass is 79.9. The van der Waals surface area contributed by atoms with Crippen molar-refractivity contribution in [1.29, 1.82) is 0 Å². The van der Waals surface area contributed by atoms with Gasteiger partial charge in [-0.1, -0.05) is 22.9 Å². The lowest BCUT2D eigenvalue weighted by atomic mass is 9.96. The molecule has 1 aromatic carbocycles. The summed E-state index contributed by atoms with van der Waals surface area (Å²) in [4.78, 5) is 13.5. The summed E-state index contributed by atoms with van der Waals surface area (Å²) in [6.45, 7) is 2.65. The van der Waals surface area contributed by atoms with E-state index in [0.29, 0.717) is 17.6 Å². The lowest BCUT2D eigenvalue weighted by molar-refractivity contribution is -0.137. The zero-order chi connectivity index (χ0) is 14.7. The number of aliphatic hydroxyl groups excluding tert-OH is 1. The van der Waals surface area contributed by atoms with Crippen LogP contribution in [0, 0.1) is 11.7 Å². The number of ether oxygens (including phenoxy) is 1. The van der Waals surface area contributed by atoms with Gasteiger partial charge in [0, 0.05) is 17.6 Å². The van der Waals surface area contributed by atoms with Crippen molar-refractivity contribution in [2.24, 2.45) is 5.92 Å². The molecule has 1 aliphatic heterocycles. The Hall–Kier alpha value is -1.14. The van der Waals surface area contributed by atoms with Crippen LogP contribution in [0.15, 0.2) is 22.7 Å². The fourth-order valence-electron chi connectivity index (χ4n) is 2.10. The van der Waals surface area contributed by atoms with Gasteiger partial charge in [-0.3, -0.25) is 4.79 Å². The molecule has 1 heterocycles. The summed E-state index contributed by atoms with van der Waals surface area (Å²) >= 11 is 3.15. The van der Waals surface area contributed by atoms with E-state index in [0.717, 1.165) is 6.42 Å². The van der Waals surface area contributed by atoms with Crippen molar-refractivity contribution < 1.29 is 19.0 Å². The second-order valence-corrected chi connectivity index (χ2v) is 5.95. The first-order chi connectivity index (χ1) is 9.47. The van der Waals surface area contributed by atoms with Crippen LogP contribution in [0.5, 0.6) is 5.75 Å². The Kier molecular flexibility index (Phi) is 4.99. The molecule has 1 amide bonds. The minimum absolute atomic E-state index is 0.0486. The zero-order valence-corrected chi connectivity index (χ0v) is 12.8. The van der Waals surface area contributed by atoms with Crippen LogP contribution in [0.1, 0.15) is 13.3 Å². The molecule has 2 unspecified atom stereocenters. The van der Waals surface area contributed by atoms with E-state index in [9.17, 15) is 14.3 Å². The number of likely N-dealkylation sites (tertiary alicyclic amines) is 1. The Morgan fingerprint density at radius 1 is 1.60 bits per heavy atom. The highest BCUT2D eigenvalue weighted by Crippen LogP contribution is 2.22. The van der Waals surface area contributed by atoms with Crippen molar-refractivity contribution in [1.82, 2.24) is 4.90 Å². The quantitative estimate of drug-likeness (QED) is 0.913. The Bertz CT molecular complexity index is 497. The first-order valence-electron chi connectivity index (χ1n) is 6.51. The van der Waals surface area contributed by atoms with Crippen molar-refractivity contribution in [3.8, 4) is 5.75 Å². The molecule has 6 heteroatoms. The van der Waals surface area contributed by atoms with Gasteiger partial charge in [0.15, 0.2) is 18.2 Å². The van der Waals surface area contributed by atoms with Crippen molar-refractivity contribution in [3.05, 3.63) is 28.5 Å². The summed E-state index contributed by atoms with van der Waals surface area (Å²) in [5.74, 6) is -0.505. The summed E-state index contributed by atoms with van der Waals surface area (Å²) in [6, 6.07) is 4.40. The summed E-state index contributed by atoms with van der Waals surface area (Å²) < 4.78 is 19.3. The van der Waals surface area contributed by atoms with E-state index in [-0.39, 0.29) is 24.2 Å². The second kappa shape index (κ2) is 6.54. The van der Waals surface area contributed by atoms with Gasteiger partial charge in [0.1, 0.15) is 0 Å². The van der Waals surface area contributed by atoms with Crippen LogP contribution in [-0.2, 0) is 4.79 Å². The maximum absolute atomic E-state index is 13.5. The largest absolute Gasteiger partial charge is 0.481 e. The normalized spacial score (nSPS) is 22.7. The number of halogens is 2. The lowest BCUT2D eigenvalue weighted by Crippen LogP contribution is -2.47. The number of β-amino-alcohol motifs (C(OH)–C–C–N with tert-alkyl or cyclic N) is 1. The molecule has 1 fully saturated rings. The van der Waals surface area contributed by atoms with E-state index in [1.165, 1.54) is 12.1 Å². The average molecular weight is 346 g/mol. The summed E-state index contributed by atoms with van der Waals surface area (Å²) in [6.07, 6.45) is 0.261. The Morgan fingerprint density at radius 3 is 3.00 bits per heavy atom. The first kappa shape index (κ1) is 15.3. The molecule has 2 atom stereocenters. The average Bonchev–Trinajstić information content (AvgIpc) is 2.40. The number of amides is 1. The number of piperidine rings is 1. The number of carbonyl (C=O) groups excluding carboxylic acids is 1. The van der Waals surface area contributed by atoms with E-state index in [1.54, 1.807) is 11.0 Å². The number of rotatable bonds is 3. The third-order valence-electron chi connectivity index (χ3n) is 3.52. The highest BCUT2D eigenvalue weighted by molar-refractivity contribution is 9.10. The van der Waals surface area contributed by atoms with Gasteiger partial charge in [-0.15, -0.1) is 0 Å². The molecular formula is C14H17BrFNO3. The minimum atomic E-state index is -0.514. The Morgan fingerprint density at radius 2 is 2.35 bits per heavy atom. The van der Waals surface area contributed by atoms with Gasteiger partial charge in [0.25, 0.3) is 5.91 Å². The smallest absolute Gasteiger partial charge is 0.260 e. The molecule has 0 aliphatic carbocycles. The fourth-order valence-corrected chi connectivity index (χ4v) is 2.43. The molecule has 0 bridgehead atoms. The van der Waals surface area contributed by atoms with Gasteiger partial charge >= 0.3 is 0 Å². The van der Waals surface area contributed by atoms with Crippen LogP contribution >= 0.6 is 15.9 Å². The van der Waals surface area contributed by atoms with Crippen molar-refractivity contribution in [3.63, 3.8) is 0 Å². The van der Waals surface area contributed by atoms with Crippen molar-refractivity contribution in [2.75, 3.05) is 19.7 Å². The maximum atomic E-state index is 13.5. The number of aliphatic hydroxyl groups is 1. The summed E-state index contributed by atoms with van der Waals surface area (Å²) in [5.41, 5.74) is 0. The molecule has 2 rings (SSSR count). The van der Waals surface area contributed by atoms with Gasteiger partial charge < -0.3 is 14.7 Å². The summed E-state index contributed by atoms with van der Waals surface area (Å²) in [7, 11) is 0. The van der Waals surface area contributed by atoms with Gasteiger partial charge in [0.05, 0.1) is 6.10 Å². The molecule has 1 aliphatic rings. The van der Waals surface area contributed by atoms with E-state index in [4.69, 9.17) is 4.74 Å². The number of hydrogen-bond acceptors (Lipinski definition) is 3. The zero-order valence-electron chi connectivity index (χ0n) is 11.2. The molecule has 0 saturated carbocycles. The van der Waals surface area contributed by atoms with Crippen molar-refractivity contribution in [2.45, 2.75) is 19.4 Å². The standard InChI is InChI=1S/C14H17BrFNO3/c1-9-4-5-17(7-12(9)18)14(19)8-20-13-3-2-10(15)6-11(13)16/h2-3,6,9,12,18H,4-5,7-8H2,1H3. The van der Waals surface area contributed by atoms with Crippen LogP contribution in [0.4, 0.5) is 4.39 Å². The van der Waals surface area contributed by atoms with E-state index in [1.807, 2.05) is 6.92 Å². The third kappa shape index (κ3) is 3.70. The van der Waals surface area contributed by atoms with Crippen LogP contribution in [0.2, 0.25) is 0 Å². The Labute approximate surface area is 125 Å². The van der Waals surface area contributed by atoms with Crippen LogP contribution in [-0.4, -0.2) is 41.7 Å². The predicted molar refractivity (Wildman–Crippen MR) is 76.0 cm³/mol. The molecule has 1 N–H and O–H groups in total. The number of hydrogen-bond donors (Lipinski definition) is 1. The van der Waals surface area contributed by atoms with E-state index < -0.39 is 11.9 Å².